The lowest BCUT2D eigenvalue weighted by molar-refractivity contribution is 1.32. The molecule has 0 aliphatic rings. The second-order valence-corrected chi connectivity index (χ2v) is 3.99. The van der Waals surface area contributed by atoms with E-state index in [9.17, 15) is 0 Å². The van der Waals surface area contributed by atoms with E-state index in [4.69, 9.17) is 0 Å². The Morgan fingerprint density at radius 3 is 2.94 bits per heavy atom. The first kappa shape index (κ1) is 9.21. The van der Waals surface area contributed by atoms with E-state index in [1.165, 1.54) is 16.3 Å². The summed E-state index contributed by atoms with van der Waals surface area (Å²) in [6, 6.07) is 8.35. The zero-order valence-corrected chi connectivity index (χ0v) is 9.33. The summed E-state index contributed by atoms with van der Waals surface area (Å²) in [6.07, 6.45) is 1.84. The Balaban J connectivity index is 2.50. The van der Waals surface area contributed by atoms with Gasteiger partial charge < -0.3 is 10.3 Å². The third-order valence-electron chi connectivity index (χ3n) is 2.99. The SMILES string of the molecule is CNc1ccc2[nH]c3nccc(C)c3c2c1. The number of fused-ring (bicyclic) bond motifs is 3. The minimum absolute atomic E-state index is 0.961. The Labute approximate surface area is 93.5 Å². The predicted molar refractivity (Wildman–Crippen MR) is 67.9 cm³/mol. The number of pyridine rings is 1. The maximum Gasteiger partial charge on any atom is 0.138 e. The highest BCUT2D eigenvalue weighted by molar-refractivity contribution is 6.08. The van der Waals surface area contributed by atoms with Crippen molar-refractivity contribution >= 4 is 27.6 Å². The average molecular weight is 211 g/mol. The lowest BCUT2D eigenvalue weighted by Gasteiger charge is -2.00. The van der Waals surface area contributed by atoms with Crippen LogP contribution < -0.4 is 5.32 Å². The smallest absolute Gasteiger partial charge is 0.138 e. The highest BCUT2D eigenvalue weighted by atomic mass is 14.9. The van der Waals surface area contributed by atoms with E-state index < -0.39 is 0 Å². The van der Waals surface area contributed by atoms with Crippen LogP contribution in [0.3, 0.4) is 0 Å². The number of anilines is 1. The highest BCUT2D eigenvalue weighted by Crippen LogP contribution is 2.28. The predicted octanol–water partition coefficient (Wildman–Crippen LogP) is 3.07. The van der Waals surface area contributed by atoms with Crippen molar-refractivity contribution < 1.29 is 0 Å². The molecule has 0 spiro atoms. The van der Waals surface area contributed by atoms with Crippen molar-refractivity contribution in [3.05, 3.63) is 36.0 Å². The molecule has 0 bridgehead atoms. The summed E-state index contributed by atoms with van der Waals surface area (Å²) < 4.78 is 0. The minimum Gasteiger partial charge on any atom is -0.388 e. The molecule has 16 heavy (non-hydrogen) atoms. The van der Waals surface area contributed by atoms with Gasteiger partial charge in [-0.05, 0) is 36.8 Å². The molecular formula is C13H13N3. The van der Waals surface area contributed by atoms with Crippen LogP contribution in [0.25, 0.3) is 21.9 Å². The fraction of sp³-hybridized carbons (Fsp3) is 0.154. The first-order valence-corrected chi connectivity index (χ1v) is 5.34. The number of rotatable bonds is 1. The molecule has 0 unspecified atom stereocenters. The molecular weight excluding hydrogens is 198 g/mol. The Kier molecular flexibility index (Phi) is 1.86. The topological polar surface area (TPSA) is 40.7 Å². The third-order valence-corrected chi connectivity index (χ3v) is 2.99. The van der Waals surface area contributed by atoms with Crippen LogP contribution in [0.5, 0.6) is 0 Å². The molecule has 0 saturated heterocycles. The largest absolute Gasteiger partial charge is 0.388 e. The molecule has 2 aromatic heterocycles. The quantitative estimate of drug-likeness (QED) is 0.649. The number of hydrogen-bond donors (Lipinski definition) is 2. The van der Waals surface area contributed by atoms with Crippen LogP contribution in [0, 0.1) is 6.92 Å². The van der Waals surface area contributed by atoms with E-state index in [1.54, 1.807) is 0 Å². The van der Waals surface area contributed by atoms with Crippen LogP contribution in [0.4, 0.5) is 5.69 Å². The van der Waals surface area contributed by atoms with Crippen molar-refractivity contribution in [1.29, 1.82) is 0 Å². The second kappa shape index (κ2) is 3.23. The molecule has 0 radical (unpaired) electrons. The molecule has 1 aromatic carbocycles. The summed E-state index contributed by atoms with van der Waals surface area (Å²) in [5, 5.41) is 5.61. The molecule has 0 aliphatic carbocycles. The summed E-state index contributed by atoms with van der Waals surface area (Å²) >= 11 is 0. The van der Waals surface area contributed by atoms with Gasteiger partial charge in [-0.25, -0.2) is 4.98 Å². The van der Waals surface area contributed by atoms with Crippen molar-refractivity contribution in [2.24, 2.45) is 0 Å². The number of nitrogens with one attached hydrogen (secondary N) is 2. The molecule has 2 N–H and O–H groups in total. The van der Waals surface area contributed by atoms with Gasteiger partial charge >= 0.3 is 0 Å². The molecule has 3 aromatic rings. The summed E-state index contributed by atoms with van der Waals surface area (Å²) in [5.74, 6) is 0. The van der Waals surface area contributed by atoms with Gasteiger partial charge in [-0.1, -0.05) is 0 Å². The number of H-pyrrole nitrogens is 1. The minimum atomic E-state index is 0.961. The molecule has 3 nitrogen and oxygen atoms in total. The number of aryl methyl sites for hydroxylation is 1. The van der Waals surface area contributed by atoms with Gasteiger partial charge in [0, 0.05) is 35.2 Å². The Morgan fingerprint density at radius 2 is 2.12 bits per heavy atom. The van der Waals surface area contributed by atoms with Crippen molar-refractivity contribution in [2.75, 3.05) is 12.4 Å². The molecule has 0 atom stereocenters. The van der Waals surface area contributed by atoms with Gasteiger partial charge in [0.05, 0.1) is 0 Å². The van der Waals surface area contributed by atoms with Crippen LogP contribution in [-0.2, 0) is 0 Å². The van der Waals surface area contributed by atoms with Crippen LogP contribution in [0.2, 0.25) is 0 Å². The third kappa shape index (κ3) is 1.18. The van der Waals surface area contributed by atoms with Gasteiger partial charge in [-0.15, -0.1) is 0 Å². The molecule has 0 saturated carbocycles. The number of benzene rings is 1. The molecule has 3 heteroatoms. The zero-order valence-electron chi connectivity index (χ0n) is 9.33. The van der Waals surface area contributed by atoms with E-state index in [2.05, 4.69) is 40.4 Å². The Bertz CT molecular complexity index is 667. The number of aromatic amines is 1. The highest BCUT2D eigenvalue weighted by Gasteiger charge is 2.07. The summed E-state index contributed by atoms with van der Waals surface area (Å²) in [6.45, 7) is 2.11. The van der Waals surface area contributed by atoms with E-state index in [0.29, 0.717) is 0 Å². The molecule has 2 heterocycles. The summed E-state index contributed by atoms with van der Waals surface area (Å²) in [4.78, 5) is 7.69. The van der Waals surface area contributed by atoms with Crippen molar-refractivity contribution in [2.45, 2.75) is 6.92 Å². The van der Waals surface area contributed by atoms with Gasteiger partial charge in [0.25, 0.3) is 0 Å². The second-order valence-electron chi connectivity index (χ2n) is 3.99. The van der Waals surface area contributed by atoms with Crippen molar-refractivity contribution in [3.63, 3.8) is 0 Å². The van der Waals surface area contributed by atoms with Crippen LogP contribution in [0.15, 0.2) is 30.5 Å². The van der Waals surface area contributed by atoms with Gasteiger partial charge in [0.2, 0.25) is 0 Å². The van der Waals surface area contributed by atoms with Crippen LogP contribution in [-0.4, -0.2) is 17.0 Å². The van der Waals surface area contributed by atoms with E-state index >= 15 is 0 Å². The normalized spacial score (nSPS) is 11.1. The molecule has 80 valence electrons. The van der Waals surface area contributed by atoms with Gasteiger partial charge in [-0.2, -0.15) is 0 Å². The first-order chi connectivity index (χ1) is 7.79. The van der Waals surface area contributed by atoms with E-state index in [1.807, 2.05) is 19.3 Å². The summed E-state index contributed by atoms with van der Waals surface area (Å²) in [5.41, 5.74) is 4.47. The number of nitrogens with zero attached hydrogens (tertiary/aromatic N) is 1. The lowest BCUT2D eigenvalue weighted by atomic mass is 10.1. The molecule has 3 rings (SSSR count). The van der Waals surface area contributed by atoms with Crippen LogP contribution in [0.1, 0.15) is 5.56 Å². The van der Waals surface area contributed by atoms with Crippen molar-refractivity contribution in [3.8, 4) is 0 Å². The first-order valence-electron chi connectivity index (χ1n) is 5.34. The average Bonchev–Trinajstić information content (AvgIpc) is 2.67. The molecule has 0 amide bonds. The molecule has 0 fully saturated rings. The maximum absolute atomic E-state index is 4.36. The van der Waals surface area contributed by atoms with E-state index in [0.717, 1.165) is 16.9 Å². The number of hydrogen-bond acceptors (Lipinski definition) is 2. The fourth-order valence-electron chi connectivity index (χ4n) is 2.14. The summed E-state index contributed by atoms with van der Waals surface area (Å²) in [7, 11) is 1.93. The van der Waals surface area contributed by atoms with Crippen molar-refractivity contribution in [1.82, 2.24) is 9.97 Å². The van der Waals surface area contributed by atoms with Gasteiger partial charge in [0.1, 0.15) is 5.65 Å². The van der Waals surface area contributed by atoms with Gasteiger partial charge in [0.15, 0.2) is 0 Å². The lowest BCUT2D eigenvalue weighted by Crippen LogP contribution is -1.86. The standard InChI is InChI=1S/C13H13N3/c1-8-5-6-15-13-12(8)10-7-9(14-2)3-4-11(10)16-13/h3-7,14H,1-2H3,(H,15,16). The monoisotopic (exact) mass is 211 g/mol. The Morgan fingerprint density at radius 1 is 1.25 bits per heavy atom. The van der Waals surface area contributed by atoms with Crippen LogP contribution >= 0.6 is 0 Å². The maximum atomic E-state index is 4.36. The number of aromatic nitrogens is 2. The van der Waals surface area contributed by atoms with E-state index in [-0.39, 0.29) is 0 Å². The fourth-order valence-corrected chi connectivity index (χ4v) is 2.14. The molecule has 0 aliphatic heterocycles. The zero-order chi connectivity index (χ0) is 11.1. The Hall–Kier alpha value is -2.03. The van der Waals surface area contributed by atoms with Gasteiger partial charge in [-0.3, -0.25) is 0 Å².